The summed E-state index contributed by atoms with van der Waals surface area (Å²) >= 11 is 0. The Labute approximate surface area is 540 Å². The van der Waals surface area contributed by atoms with Crippen LogP contribution in [0.4, 0.5) is 91.0 Å². The van der Waals surface area contributed by atoms with Crippen LogP contribution in [0.15, 0.2) is 234 Å². The van der Waals surface area contributed by atoms with E-state index in [0.717, 1.165) is 109 Å². The highest BCUT2D eigenvalue weighted by atomic mass is 32.2. The van der Waals surface area contributed by atoms with Crippen LogP contribution in [-0.2, 0) is 80.9 Å². The van der Waals surface area contributed by atoms with Crippen molar-refractivity contribution in [3.63, 3.8) is 0 Å². The summed E-state index contributed by atoms with van der Waals surface area (Å²) in [6.07, 6.45) is 0. The predicted octanol–water partition coefficient (Wildman–Crippen LogP) is 10.1. The molecule has 0 aliphatic rings. The zero-order valence-corrected chi connectivity index (χ0v) is 53.3. The first-order chi connectivity index (χ1) is 44.3. The van der Waals surface area contributed by atoms with Gasteiger partial charge in [0.05, 0.1) is 66.7 Å². The molecule has 0 fully saturated rings. The van der Waals surface area contributed by atoms with E-state index in [-0.39, 0.29) is 22.7 Å². The first-order valence-corrected chi connectivity index (χ1v) is 36.3. The zero-order chi connectivity index (χ0) is 71.1. The molecule has 0 unspecified atom stereocenters. The molecule has 40 nitrogen and oxygen atoms in total. The number of nitrogen functional groups attached to an aromatic ring is 4. The fourth-order valence-electron chi connectivity index (χ4n) is 7.89. The van der Waals surface area contributed by atoms with Crippen molar-refractivity contribution >= 4 is 172 Å². The van der Waals surface area contributed by atoms with Crippen LogP contribution in [0.25, 0.3) is 11.1 Å². The van der Waals surface area contributed by atoms with Crippen LogP contribution in [0, 0.1) is 0 Å². The van der Waals surface area contributed by atoms with E-state index >= 15 is 0 Å². The minimum atomic E-state index is -5.48. The van der Waals surface area contributed by atoms with Gasteiger partial charge in [0.15, 0.2) is 0 Å². The molecule has 8 aromatic carbocycles. The average Bonchev–Trinajstić information content (AvgIpc) is 0.789. The van der Waals surface area contributed by atoms with Gasteiger partial charge >= 0.3 is 0 Å². The second-order valence-electron chi connectivity index (χ2n) is 18.8. The van der Waals surface area contributed by atoms with Crippen LogP contribution >= 0.6 is 0 Å². The van der Waals surface area contributed by atoms with Crippen molar-refractivity contribution in [2.45, 2.75) is 39.2 Å². The molecule has 0 heterocycles. The maximum atomic E-state index is 13.0. The Morgan fingerprint density at radius 1 is 0.219 bits per heavy atom. The topological polar surface area (TPSA) is 687 Å². The van der Waals surface area contributed by atoms with E-state index in [1.165, 1.54) is 0 Å². The first kappa shape index (κ1) is 71.7. The molecule has 0 atom stereocenters. The highest BCUT2D eigenvalue weighted by molar-refractivity contribution is 7.87. The maximum Gasteiger partial charge on any atom is 0.296 e. The molecule has 8 aromatic rings. The van der Waals surface area contributed by atoms with E-state index < -0.39 is 199 Å². The van der Waals surface area contributed by atoms with Crippen molar-refractivity contribution in [2.24, 2.45) is 61.4 Å². The molecule has 48 heteroatoms. The molecule has 0 aliphatic heterocycles. The number of nitrogens with zero attached hydrogens (tertiary/aromatic N) is 12. The number of hydrogen-bond donors (Lipinski definition) is 12. The standard InChI is InChI=1S/C48H38N16O24S8/c49-43-35(21-41(95(83,84)85)45(51)47(43)63-59-33-15-7-27(19-39(33)93(77,78)79)55-53-23-1-9-29(10-2-23)89(65,66)67)61-57-25-5-13-31(37(17-25)91(71,72)73)32-14-6-26(18-38(32)92(74,75)76)58-62-36-22-42(96(86,87)88)46(52)48(44(36)50)64-60-34-16-8-28(20-40(34)94(80,81)82)56-54-24-3-11-30(12-4-24)90(68,69)70/h1-22H,49-52H2,(H,65,66,67)(H,68,69,70)(H,71,72,73)(H,74,75,76)(H,77,78,79)(H,80,81,82)(H,83,84,85)(H,86,87,88)/b55-53?,56-54?,61-57?,62-58?,63-59+,64-60?. The second kappa shape index (κ2) is 26.6. The molecule has 0 aliphatic carbocycles. The lowest BCUT2D eigenvalue weighted by Crippen LogP contribution is -2.05. The zero-order valence-electron chi connectivity index (χ0n) is 46.8. The number of azo groups is 6. The second-order valence-corrected chi connectivity index (χ2v) is 30.0. The van der Waals surface area contributed by atoms with Gasteiger partial charge in [0.25, 0.3) is 80.9 Å². The van der Waals surface area contributed by atoms with Gasteiger partial charge in [0.2, 0.25) is 0 Å². The van der Waals surface area contributed by atoms with Gasteiger partial charge in [-0.15, -0.1) is 30.7 Å². The summed E-state index contributed by atoms with van der Waals surface area (Å²) in [6.45, 7) is 0. The van der Waals surface area contributed by atoms with Crippen molar-refractivity contribution in [1.82, 2.24) is 0 Å². The largest absolute Gasteiger partial charge is 0.396 e. The molecular weight excluding hydrogens is 1440 g/mol. The van der Waals surface area contributed by atoms with E-state index in [0.29, 0.717) is 24.3 Å². The molecule has 0 radical (unpaired) electrons. The van der Waals surface area contributed by atoms with Gasteiger partial charge in [-0.05, 0) is 121 Å². The van der Waals surface area contributed by atoms with Crippen molar-refractivity contribution in [1.29, 1.82) is 0 Å². The summed E-state index contributed by atoms with van der Waals surface area (Å²) < 4.78 is 277. The van der Waals surface area contributed by atoms with Gasteiger partial charge < -0.3 is 22.9 Å². The molecule has 0 saturated carbocycles. The predicted molar refractivity (Wildman–Crippen MR) is 332 cm³/mol. The van der Waals surface area contributed by atoms with Crippen molar-refractivity contribution in [3.05, 3.63) is 133 Å². The summed E-state index contributed by atoms with van der Waals surface area (Å²) in [6, 6.07) is 19.7. The molecule has 502 valence electrons. The van der Waals surface area contributed by atoms with Gasteiger partial charge in [-0.2, -0.15) is 98.0 Å². The molecule has 0 spiro atoms. The van der Waals surface area contributed by atoms with Crippen molar-refractivity contribution in [2.75, 3.05) is 22.9 Å². The van der Waals surface area contributed by atoms with Gasteiger partial charge in [0.1, 0.15) is 63.5 Å². The molecular formula is C48H38N16O24S8. The van der Waals surface area contributed by atoms with Crippen LogP contribution in [0.5, 0.6) is 0 Å². The normalized spacial score (nSPS) is 13.4. The summed E-state index contributed by atoms with van der Waals surface area (Å²) in [4.78, 5) is -7.57. The van der Waals surface area contributed by atoms with Gasteiger partial charge in [0, 0.05) is 11.1 Å². The number of anilines is 4. The Hall–Kier alpha value is -10.2. The van der Waals surface area contributed by atoms with Crippen LogP contribution in [0.2, 0.25) is 0 Å². The highest BCUT2D eigenvalue weighted by Gasteiger charge is 2.28. The van der Waals surface area contributed by atoms with Crippen LogP contribution in [0.3, 0.4) is 0 Å². The van der Waals surface area contributed by atoms with E-state index in [1.54, 1.807) is 0 Å². The van der Waals surface area contributed by atoms with Crippen molar-refractivity contribution in [3.8, 4) is 11.1 Å². The number of rotatable bonds is 21. The molecule has 0 amide bonds. The monoisotopic (exact) mass is 1480 g/mol. The summed E-state index contributed by atoms with van der Waals surface area (Å²) in [5.74, 6) is 0. The Balaban J connectivity index is 1.11. The SMILES string of the molecule is Nc1c(N=Nc2ccc(-c3ccc(N=Nc4cc(S(=O)(=O)O)c(N)c(/N=N/c5ccc(N=Nc6ccc(S(=O)(=O)O)cc6)cc5S(=O)(=O)O)c4N)cc3S(=O)(=O)O)c(S(=O)(=O)O)c2)cc(S(=O)(=O)O)c(N)c1N=Nc1ccc(N=Nc2ccc(S(=O)(=O)O)cc2)cc1S(=O)(=O)O. The summed E-state index contributed by atoms with van der Waals surface area (Å²) in [7, 11) is -41.2. The molecule has 0 aromatic heterocycles. The Bertz CT molecular complexity index is 5390. The van der Waals surface area contributed by atoms with Crippen LogP contribution in [-0.4, -0.2) is 104 Å². The van der Waals surface area contributed by atoms with Crippen LogP contribution in [0.1, 0.15) is 0 Å². The van der Waals surface area contributed by atoms with Crippen LogP contribution < -0.4 is 22.9 Å². The third-order valence-electron chi connectivity index (χ3n) is 12.3. The summed E-state index contributed by atoms with van der Waals surface area (Å²) in [5.41, 5.74) is 13.6. The molecule has 96 heavy (non-hydrogen) atoms. The summed E-state index contributed by atoms with van der Waals surface area (Å²) in [5, 5.41) is 45.2. The number of nitrogens with two attached hydrogens (primary N) is 4. The lowest BCUT2D eigenvalue weighted by atomic mass is 10.0. The fourth-order valence-corrected chi connectivity index (χ4v) is 12.9. The maximum absolute atomic E-state index is 13.0. The molecule has 8 rings (SSSR count). The number of hydrogen-bond acceptors (Lipinski definition) is 32. The van der Waals surface area contributed by atoms with Gasteiger partial charge in [-0.3, -0.25) is 36.4 Å². The highest BCUT2D eigenvalue weighted by Crippen LogP contribution is 2.47. The third-order valence-corrected chi connectivity index (χ3v) is 19.4. The lowest BCUT2D eigenvalue weighted by molar-refractivity contribution is 0.480. The van der Waals surface area contributed by atoms with E-state index in [4.69, 9.17) is 22.9 Å². The molecule has 0 bridgehead atoms. The van der Waals surface area contributed by atoms with Gasteiger partial charge in [-0.1, -0.05) is 12.1 Å². The fraction of sp³-hybridized carbons (Fsp3) is 0. The molecule has 0 saturated heterocycles. The third kappa shape index (κ3) is 17.0. The Morgan fingerprint density at radius 2 is 0.458 bits per heavy atom. The Morgan fingerprint density at radius 3 is 0.740 bits per heavy atom. The van der Waals surface area contributed by atoms with Crippen molar-refractivity contribution < 1.29 is 104 Å². The molecule has 16 N–H and O–H groups in total. The van der Waals surface area contributed by atoms with E-state index in [2.05, 4.69) is 61.4 Å². The lowest BCUT2D eigenvalue weighted by Gasteiger charge is -2.13. The van der Waals surface area contributed by atoms with Gasteiger partial charge in [-0.25, -0.2) is 0 Å². The minimum Gasteiger partial charge on any atom is -0.396 e. The Kier molecular flexibility index (Phi) is 19.8. The van der Waals surface area contributed by atoms with E-state index in [9.17, 15) is 104 Å². The van der Waals surface area contributed by atoms with E-state index in [1.807, 2.05) is 0 Å². The quantitative estimate of drug-likeness (QED) is 0.0181. The number of benzene rings is 8. The average molecular weight is 1480 g/mol. The first-order valence-electron chi connectivity index (χ1n) is 24.8. The minimum absolute atomic E-state index is 0.0125. The smallest absolute Gasteiger partial charge is 0.296 e.